The number of rotatable bonds is 6. The number of nitrogens with one attached hydrogen (secondary N) is 1. The molecule has 1 amide bonds. The lowest BCUT2D eigenvalue weighted by molar-refractivity contribution is -0.140. The van der Waals surface area contributed by atoms with Gasteiger partial charge in [-0.3, -0.25) is 10.1 Å². The average molecular weight is 495 g/mol. The van der Waals surface area contributed by atoms with E-state index in [-0.39, 0.29) is 29.3 Å². The Morgan fingerprint density at radius 1 is 1.09 bits per heavy atom. The van der Waals surface area contributed by atoms with Crippen molar-refractivity contribution in [1.82, 2.24) is 4.31 Å². The number of carbonyl (C=O) groups excluding carboxylic acids is 2. The first kappa shape index (κ1) is 25.4. The minimum absolute atomic E-state index is 0.0160. The number of esters is 1. The molecule has 35 heavy (non-hydrogen) atoms. The normalized spacial score (nSPS) is 15.7. The molecular weight excluding hydrogens is 472 g/mol. The number of amides is 1. The van der Waals surface area contributed by atoms with Crippen molar-refractivity contribution >= 4 is 33.8 Å². The van der Waals surface area contributed by atoms with Crippen molar-refractivity contribution in [2.24, 2.45) is 5.92 Å². The van der Waals surface area contributed by atoms with Crippen LogP contribution in [-0.4, -0.2) is 45.0 Å². The van der Waals surface area contributed by atoms with Crippen molar-refractivity contribution < 1.29 is 27.5 Å². The molecule has 1 N–H and O–H groups in total. The Hall–Kier alpha value is -4.19. The Kier molecular flexibility index (Phi) is 8.21. The van der Waals surface area contributed by atoms with Crippen molar-refractivity contribution in [2.75, 3.05) is 25.5 Å². The van der Waals surface area contributed by atoms with Crippen molar-refractivity contribution in [3.63, 3.8) is 0 Å². The van der Waals surface area contributed by atoms with Crippen LogP contribution >= 0.6 is 0 Å². The highest BCUT2D eigenvalue weighted by molar-refractivity contribution is 7.89. The second-order valence-electron chi connectivity index (χ2n) is 7.61. The number of nitrogens with zero attached hydrogens (tertiary/aromatic N) is 3. The number of methoxy groups -OCH3 is 1. The number of hydrogen-bond acceptors (Lipinski definition) is 8. The lowest BCUT2D eigenvalue weighted by Gasteiger charge is -2.30. The van der Waals surface area contributed by atoms with Gasteiger partial charge in [-0.2, -0.15) is 14.8 Å². The van der Waals surface area contributed by atoms with Crippen molar-refractivity contribution in [3.8, 4) is 17.9 Å². The van der Waals surface area contributed by atoms with Gasteiger partial charge < -0.3 is 9.47 Å². The number of ether oxygens (including phenoxy) is 2. The summed E-state index contributed by atoms with van der Waals surface area (Å²) in [5.41, 5.74) is 0.937. The molecule has 0 aromatic heterocycles. The van der Waals surface area contributed by atoms with Gasteiger partial charge in [-0.1, -0.05) is 12.1 Å². The first-order chi connectivity index (χ1) is 16.8. The van der Waals surface area contributed by atoms with E-state index in [2.05, 4.69) is 10.1 Å². The van der Waals surface area contributed by atoms with Crippen LogP contribution in [0.3, 0.4) is 0 Å². The van der Waals surface area contributed by atoms with Crippen molar-refractivity contribution in [2.45, 2.75) is 17.7 Å². The summed E-state index contributed by atoms with van der Waals surface area (Å²) in [4.78, 5) is 24.1. The molecule has 10 nitrogen and oxygen atoms in total. The van der Waals surface area contributed by atoms with E-state index in [1.165, 1.54) is 53.9 Å². The van der Waals surface area contributed by atoms with Crippen LogP contribution < -0.4 is 10.1 Å². The van der Waals surface area contributed by atoms with E-state index >= 15 is 0 Å². The lowest BCUT2D eigenvalue weighted by atomic mass is 10.00. The molecule has 1 fully saturated rings. The molecule has 1 saturated heterocycles. The first-order valence-electron chi connectivity index (χ1n) is 10.6. The zero-order valence-corrected chi connectivity index (χ0v) is 19.6. The third-order valence-corrected chi connectivity index (χ3v) is 7.17. The second kappa shape index (κ2) is 11.3. The van der Waals surface area contributed by atoms with E-state index in [1.54, 1.807) is 24.3 Å². The number of carbonyl (C=O) groups is 2. The number of sulfonamides is 1. The predicted octanol–water partition coefficient (Wildman–Crippen LogP) is 3.30. The van der Waals surface area contributed by atoms with Gasteiger partial charge in [0.2, 0.25) is 10.0 Å². The predicted molar refractivity (Wildman–Crippen MR) is 125 cm³/mol. The third kappa shape index (κ3) is 6.44. The van der Waals surface area contributed by atoms with Gasteiger partial charge in [0.05, 0.1) is 17.9 Å². The van der Waals surface area contributed by atoms with Gasteiger partial charge in [0.1, 0.15) is 23.5 Å². The molecule has 1 aliphatic rings. The monoisotopic (exact) mass is 494 g/mol. The van der Waals surface area contributed by atoms with E-state index in [0.717, 1.165) is 0 Å². The van der Waals surface area contributed by atoms with Crippen LogP contribution in [0.2, 0.25) is 0 Å². The highest BCUT2D eigenvalue weighted by Crippen LogP contribution is 2.26. The molecule has 0 bridgehead atoms. The Morgan fingerprint density at radius 3 is 2.34 bits per heavy atom. The summed E-state index contributed by atoms with van der Waals surface area (Å²) in [5, 5.41) is 20.1. The second-order valence-corrected chi connectivity index (χ2v) is 9.55. The van der Waals surface area contributed by atoms with Crippen LogP contribution in [0, 0.1) is 28.6 Å². The van der Waals surface area contributed by atoms with Crippen LogP contribution in [0.4, 0.5) is 10.5 Å². The van der Waals surface area contributed by atoms with Gasteiger partial charge in [0, 0.05) is 18.8 Å². The number of benzene rings is 2. The van der Waals surface area contributed by atoms with Gasteiger partial charge in [-0.25, -0.2) is 13.2 Å². The fourth-order valence-electron chi connectivity index (χ4n) is 3.47. The molecule has 2 aromatic rings. The molecule has 1 unspecified atom stereocenters. The van der Waals surface area contributed by atoms with Crippen LogP contribution in [0.5, 0.6) is 5.75 Å². The summed E-state index contributed by atoms with van der Waals surface area (Å²) in [6, 6.07) is 15.5. The van der Waals surface area contributed by atoms with Crippen LogP contribution in [0.1, 0.15) is 18.4 Å². The molecule has 1 aliphatic heterocycles. The lowest BCUT2D eigenvalue weighted by Crippen LogP contribution is -2.43. The zero-order chi connectivity index (χ0) is 25.4. The number of hydrogen-bond donors (Lipinski definition) is 1. The van der Waals surface area contributed by atoms with Crippen molar-refractivity contribution in [3.05, 3.63) is 59.7 Å². The maximum Gasteiger partial charge on any atom is 0.411 e. The molecule has 0 radical (unpaired) electrons. The SMILES string of the molecule is COC(=O)Nc1ccc(S(=O)(=O)N2CCCC(C(=O)Oc3ccc(C=C(C#N)C#N)cc3)C2)cc1. The molecule has 1 heterocycles. The number of piperidine rings is 1. The van der Waals surface area contributed by atoms with Crippen LogP contribution in [0.25, 0.3) is 6.08 Å². The molecule has 3 rings (SSSR count). The highest BCUT2D eigenvalue weighted by atomic mass is 32.2. The van der Waals surface area contributed by atoms with Gasteiger partial charge in [0.15, 0.2) is 0 Å². The molecule has 0 spiro atoms. The maximum atomic E-state index is 13.1. The molecule has 0 saturated carbocycles. The Morgan fingerprint density at radius 2 is 1.74 bits per heavy atom. The Balaban J connectivity index is 1.65. The third-order valence-electron chi connectivity index (χ3n) is 5.29. The van der Waals surface area contributed by atoms with Gasteiger partial charge >= 0.3 is 12.1 Å². The van der Waals surface area contributed by atoms with Gasteiger partial charge in [0.25, 0.3) is 0 Å². The van der Waals surface area contributed by atoms with E-state index < -0.39 is 28.0 Å². The summed E-state index contributed by atoms with van der Waals surface area (Å²) in [7, 11) is -2.63. The standard InChI is InChI=1S/C24H22N4O6S/c1-33-24(30)27-20-6-10-22(11-7-20)35(31,32)28-12-2-3-19(16-28)23(29)34-21-8-4-17(5-9-21)13-18(14-25)15-26/h4-11,13,19H,2-3,12,16H2,1H3,(H,27,30). The maximum absolute atomic E-state index is 13.1. The minimum Gasteiger partial charge on any atom is -0.453 e. The number of anilines is 1. The van der Waals surface area contributed by atoms with Crippen LogP contribution in [-0.2, 0) is 19.6 Å². The summed E-state index contributed by atoms with van der Waals surface area (Å²) < 4.78 is 37.4. The fraction of sp³-hybridized carbons (Fsp3) is 0.250. The summed E-state index contributed by atoms with van der Waals surface area (Å²) >= 11 is 0. The first-order valence-corrected chi connectivity index (χ1v) is 12.0. The average Bonchev–Trinajstić information content (AvgIpc) is 2.88. The van der Waals surface area contributed by atoms with E-state index in [9.17, 15) is 18.0 Å². The fourth-order valence-corrected chi connectivity index (χ4v) is 4.99. The van der Waals surface area contributed by atoms with E-state index in [0.29, 0.717) is 24.1 Å². The van der Waals surface area contributed by atoms with E-state index in [1.807, 2.05) is 0 Å². The molecule has 180 valence electrons. The molecule has 0 aliphatic carbocycles. The summed E-state index contributed by atoms with van der Waals surface area (Å²) in [5.74, 6) is -0.904. The quantitative estimate of drug-likeness (QED) is 0.365. The van der Waals surface area contributed by atoms with Gasteiger partial charge in [-0.05, 0) is 60.9 Å². The highest BCUT2D eigenvalue weighted by Gasteiger charge is 2.34. The number of allylic oxidation sites excluding steroid dienone is 1. The van der Waals surface area contributed by atoms with E-state index in [4.69, 9.17) is 15.3 Å². The largest absolute Gasteiger partial charge is 0.453 e. The smallest absolute Gasteiger partial charge is 0.411 e. The molecule has 11 heteroatoms. The minimum atomic E-state index is -3.85. The topological polar surface area (TPSA) is 150 Å². The van der Waals surface area contributed by atoms with Gasteiger partial charge in [-0.15, -0.1) is 0 Å². The van der Waals surface area contributed by atoms with Crippen LogP contribution in [0.15, 0.2) is 59.0 Å². The summed E-state index contributed by atoms with van der Waals surface area (Å²) in [6.07, 6.45) is 1.73. The Labute approximate surface area is 203 Å². The molecular formula is C24H22N4O6S. The number of nitriles is 2. The zero-order valence-electron chi connectivity index (χ0n) is 18.8. The molecule has 1 atom stereocenters. The van der Waals surface area contributed by atoms with Crippen molar-refractivity contribution in [1.29, 1.82) is 10.5 Å². The molecule has 2 aromatic carbocycles. The Bertz CT molecular complexity index is 1290. The summed E-state index contributed by atoms with van der Waals surface area (Å²) in [6.45, 7) is 0.257.